The van der Waals surface area contributed by atoms with E-state index in [4.69, 9.17) is 0 Å². The van der Waals surface area contributed by atoms with E-state index in [0.717, 1.165) is 25.0 Å². The van der Waals surface area contributed by atoms with Crippen molar-refractivity contribution in [2.45, 2.75) is 38.5 Å². The van der Waals surface area contributed by atoms with Crippen LogP contribution in [0.4, 0.5) is 0 Å². The number of ketones is 2. The van der Waals surface area contributed by atoms with Crippen molar-refractivity contribution in [2.24, 2.45) is 0 Å². The Labute approximate surface area is 234 Å². The molecule has 0 aliphatic carbocycles. The van der Waals surface area contributed by atoms with Gasteiger partial charge in [0.2, 0.25) is 0 Å². The van der Waals surface area contributed by atoms with Gasteiger partial charge in [0.05, 0.1) is 0 Å². The quantitative estimate of drug-likeness (QED) is 0.212. The molecule has 4 nitrogen and oxygen atoms in total. The molecule has 0 spiro atoms. The summed E-state index contributed by atoms with van der Waals surface area (Å²) < 4.78 is 0. The van der Waals surface area contributed by atoms with Crippen LogP contribution in [0.2, 0.25) is 0 Å². The number of hydrogen-bond donors (Lipinski definition) is 0. The molecule has 0 N–H and O–H groups in total. The van der Waals surface area contributed by atoms with Crippen LogP contribution in [0.25, 0.3) is 11.5 Å². The fraction of sp³-hybridized carbons (Fsp3) is 0.250. The number of hydrogen-bond acceptors (Lipinski definition) is 4. The van der Waals surface area contributed by atoms with Crippen molar-refractivity contribution in [1.29, 1.82) is 0 Å². The summed E-state index contributed by atoms with van der Waals surface area (Å²) in [5.41, 5.74) is 1.02. The van der Waals surface area contributed by atoms with Gasteiger partial charge in [-0.2, -0.15) is 0 Å². The van der Waals surface area contributed by atoms with E-state index >= 15 is 0 Å². The third-order valence-electron chi connectivity index (χ3n) is 4.30. The molecule has 0 aliphatic heterocycles. The third kappa shape index (κ3) is 11.6. The fourth-order valence-electron chi connectivity index (χ4n) is 2.76. The molecule has 0 amide bonds. The molecule has 30 heavy (non-hydrogen) atoms. The average Bonchev–Trinajstić information content (AvgIpc) is 2.71. The Balaban J connectivity index is 0.00000420. The van der Waals surface area contributed by atoms with Crippen molar-refractivity contribution in [3.05, 3.63) is 83.9 Å². The van der Waals surface area contributed by atoms with E-state index in [1.54, 1.807) is 48.5 Å². The van der Waals surface area contributed by atoms with Crippen LogP contribution in [0.5, 0.6) is 0 Å². The molecule has 0 bridgehead atoms. The van der Waals surface area contributed by atoms with E-state index in [9.17, 15) is 19.8 Å². The Morgan fingerprint density at radius 1 is 0.600 bits per heavy atom. The minimum absolute atomic E-state index is 0. The maximum Gasteiger partial charge on any atom is 3.00 e. The van der Waals surface area contributed by atoms with E-state index in [0.29, 0.717) is 36.8 Å². The fourth-order valence-corrected chi connectivity index (χ4v) is 2.76. The first-order valence-electron chi connectivity index (χ1n) is 9.50. The zero-order chi connectivity index (χ0) is 20.2. The van der Waals surface area contributed by atoms with Gasteiger partial charge in [-0.05, 0) is 36.1 Å². The summed E-state index contributed by atoms with van der Waals surface area (Å²) in [6.45, 7) is 0. The normalized spacial score (nSPS) is 11.2. The number of rotatable bonds is 11. The van der Waals surface area contributed by atoms with E-state index in [1.165, 1.54) is 0 Å². The van der Waals surface area contributed by atoms with Crippen LogP contribution in [-0.2, 0) is 9.59 Å². The van der Waals surface area contributed by atoms with Crippen LogP contribution in [-0.4, -0.2) is 11.6 Å². The number of allylic oxidation sites excluding steroid dienone is 2. The second-order valence-corrected chi connectivity index (χ2v) is 6.60. The van der Waals surface area contributed by atoms with Gasteiger partial charge in [-0.15, -0.1) is 0 Å². The second kappa shape index (κ2) is 16.9. The zero-order valence-corrected chi connectivity index (χ0v) is 24.2. The smallest absolute Gasteiger partial charge is 0.872 e. The molecule has 0 fully saturated rings. The molecule has 2 rings (SSSR count). The number of unbranched alkanes of at least 4 members (excludes halogenated alkanes) is 3. The molecule has 2 aromatic rings. The number of benzene rings is 2. The van der Waals surface area contributed by atoms with Gasteiger partial charge >= 0.3 is 71.2 Å². The molecule has 0 saturated heterocycles. The predicted octanol–water partition coefficient (Wildman–Crippen LogP) is 3.27. The predicted molar refractivity (Wildman–Crippen MR) is 107 cm³/mol. The van der Waals surface area contributed by atoms with Gasteiger partial charge in [0, 0.05) is 12.8 Å². The first-order valence-corrected chi connectivity index (χ1v) is 9.50. The molecular weight excluding hydrogens is 630 g/mol. The first-order chi connectivity index (χ1) is 13.6. The number of carbonyl (C=O) groups excluding carboxylic acids is 2. The van der Waals surface area contributed by atoms with Crippen molar-refractivity contribution in [2.75, 3.05) is 0 Å². The van der Waals surface area contributed by atoms with Crippen molar-refractivity contribution in [3.63, 3.8) is 0 Å². The van der Waals surface area contributed by atoms with E-state index in [1.807, 2.05) is 12.1 Å². The molecule has 0 radical (unpaired) electrons. The maximum atomic E-state index is 11.9. The van der Waals surface area contributed by atoms with Crippen molar-refractivity contribution in [3.8, 4) is 0 Å². The minimum Gasteiger partial charge on any atom is -0.872 e. The Morgan fingerprint density at radius 3 is 1.27 bits per heavy atom. The minimum atomic E-state index is -0.269. The largest absolute Gasteiger partial charge is 3.00 e. The molecule has 6 heteroatoms. The molecular formula is C24H24La2O4+4. The Kier molecular flexibility index (Phi) is 16.5. The molecule has 0 unspecified atom stereocenters. The summed E-state index contributed by atoms with van der Waals surface area (Å²) in [6, 6.07) is 17.4. The first kappa shape index (κ1) is 29.2. The van der Waals surface area contributed by atoms with E-state index in [2.05, 4.69) is 0 Å². The Hall–Kier alpha value is -0.750. The molecule has 0 atom stereocenters. The molecule has 0 heterocycles. The van der Waals surface area contributed by atoms with Crippen LogP contribution in [0.15, 0.2) is 72.8 Å². The molecule has 0 aliphatic rings. The van der Waals surface area contributed by atoms with Gasteiger partial charge in [0.15, 0.2) is 11.6 Å². The van der Waals surface area contributed by atoms with Crippen LogP contribution in [0, 0.1) is 71.2 Å². The second-order valence-electron chi connectivity index (χ2n) is 6.60. The van der Waals surface area contributed by atoms with Gasteiger partial charge in [-0.3, -0.25) is 9.59 Å². The van der Waals surface area contributed by atoms with Gasteiger partial charge < -0.3 is 10.2 Å². The Bertz CT molecular complexity index is 759. The van der Waals surface area contributed by atoms with Crippen molar-refractivity contribution < 1.29 is 91.0 Å². The van der Waals surface area contributed by atoms with Crippen LogP contribution in [0.1, 0.15) is 49.7 Å². The summed E-state index contributed by atoms with van der Waals surface area (Å²) in [7, 11) is 0. The molecule has 0 saturated carbocycles. The molecule has 146 valence electrons. The van der Waals surface area contributed by atoms with Gasteiger partial charge in [-0.1, -0.05) is 85.0 Å². The summed E-state index contributed by atoms with van der Waals surface area (Å²) in [6.07, 6.45) is 5.93. The monoisotopic (exact) mass is 654 g/mol. The van der Waals surface area contributed by atoms with Crippen LogP contribution < -0.4 is 10.2 Å². The van der Waals surface area contributed by atoms with Crippen molar-refractivity contribution >= 4 is 23.1 Å². The van der Waals surface area contributed by atoms with E-state index < -0.39 is 0 Å². The summed E-state index contributed by atoms with van der Waals surface area (Å²) >= 11 is 0. The van der Waals surface area contributed by atoms with Crippen molar-refractivity contribution in [1.82, 2.24) is 0 Å². The Morgan fingerprint density at radius 2 is 0.933 bits per heavy atom. The van der Waals surface area contributed by atoms with E-state index in [-0.39, 0.29) is 94.3 Å². The summed E-state index contributed by atoms with van der Waals surface area (Å²) in [5, 5.41) is 23.8. The van der Waals surface area contributed by atoms with Crippen LogP contribution >= 0.6 is 0 Å². The summed E-state index contributed by atoms with van der Waals surface area (Å²) in [4.78, 5) is 23.7. The molecule has 2 aromatic carbocycles. The average molecular weight is 654 g/mol. The standard InChI is InChI=1S/C24H26O4.2La/c25-21(17-23(27)19-11-5-3-6-12-19)15-9-1-2-10-16-22(26)18-24(28)20-13-7-4-8-14-20;;/h3-8,11-14,17-18,27-28H,1-2,9-10,15-16H2;;/q;2*+3/p-2/b23-17-,24-18-;;. The maximum absolute atomic E-state index is 11.9. The van der Waals surface area contributed by atoms with Gasteiger partial charge in [0.25, 0.3) is 0 Å². The van der Waals surface area contributed by atoms with Gasteiger partial charge in [0.1, 0.15) is 0 Å². The van der Waals surface area contributed by atoms with Gasteiger partial charge in [-0.25, -0.2) is 0 Å². The molecule has 0 aromatic heterocycles. The topological polar surface area (TPSA) is 80.3 Å². The SMILES string of the molecule is O=C(/C=C(\[O-])c1ccccc1)CCCCCCC(=O)/C=C(\[O-])c1ccccc1.[La+3].[La+3]. The van der Waals surface area contributed by atoms with Crippen LogP contribution in [0.3, 0.4) is 0 Å². The number of carbonyl (C=O) groups is 2. The summed E-state index contributed by atoms with van der Waals surface area (Å²) in [5.74, 6) is -0.886. The zero-order valence-electron chi connectivity index (χ0n) is 17.0. The third-order valence-corrected chi connectivity index (χ3v) is 4.30.